The van der Waals surface area contributed by atoms with Gasteiger partial charge in [-0.25, -0.2) is 0 Å². The number of hydrogen-bond donors (Lipinski definition) is 1. The van der Waals surface area contributed by atoms with Gasteiger partial charge in [0.15, 0.2) is 0 Å². The predicted octanol–water partition coefficient (Wildman–Crippen LogP) is 1.27. The van der Waals surface area contributed by atoms with Crippen LogP contribution in [-0.4, -0.2) is 43.7 Å². The Kier molecular flexibility index (Phi) is 3.98. The number of carbonyl (C=O) groups is 1. The first kappa shape index (κ1) is 11.9. The van der Waals surface area contributed by atoms with Gasteiger partial charge in [-0.1, -0.05) is 18.2 Å². The lowest BCUT2D eigenvalue weighted by Crippen LogP contribution is -2.43. The minimum Gasteiger partial charge on any atom is -0.378 e. The maximum atomic E-state index is 11.9. The maximum Gasteiger partial charge on any atom is 0.242 e. The molecule has 0 saturated carbocycles. The van der Waals surface area contributed by atoms with E-state index in [1.807, 2.05) is 36.1 Å². The summed E-state index contributed by atoms with van der Waals surface area (Å²) >= 11 is 0. The summed E-state index contributed by atoms with van der Waals surface area (Å²) in [4.78, 5) is 13.7. The van der Waals surface area contributed by atoms with Crippen LogP contribution in [0.15, 0.2) is 24.3 Å². The summed E-state index contributed by atoms with van der Waals surface area (Å²) in [7, 11) is 0. The van der Waals surface area contributed by atoms with Crippen molar-refractivity contribution in [2.75, 3.05) is 38.2 Å². The number of carbonyl (C=O) groups excluding carboxylic acids is 1. The van der Waals surface area contributed by atoms with E-state index in [1.54, 1.807) is 0 Å². The summed E-state index contributed by atoms with van der Waals surface area (Å²) in [6.45, 7) is 5.08. The number of aryl methyl sites for hydroxylation is 1. The van der Waals surface area contributed by atoms with Gasteiger partial charge in [-0.05, 0) is 18.6 Å². The molecule has 4 nitrogen and oxygen atoms in total. The van der Waals surface area contributed by atoms with Crippen molar-refractivity contribution in [3.8, 4) is 0 Å². The van der Waals surface area contributed by atoms with Crippen molar-refractivity contribution >= 4 is 11.6 Å². The van der Waals surface area contributed by atoms with Crippen LogP contribution in [0.1, 0.15) is 5.56 Å². The van der Waals surface area contributed by atoms with Crippen molar-refractivity contribution in [3.63, 3.8) is 0 Å². The van der Waals surface area contributed by atoms with Crippen molar-refractivity contribution < 1.29 is 9.53 Å². The monoisotopic (exact) mass is 234 g/mol. The molecule has 1 fully saturated rings. The highest BCUT2D eigenvalue weighted by Crippen LogP contribution is 2.12. The van der Waals surface area contributed by atoms with Crippen LogP contribution in [-0.2, 0) is 9.53 Å². The number of nitrogens with one attached hydrogen (secondary N) is 1. The van der Waals surface area contributed by atoms with E-state index in [9.17, 15) is 4.79 Å². The Hall–Kier alpha value is -1.55. The Balaban J connectivity index is 1.85. The molecule has 92 valence electrons. The van der Waals surface area contributed by atoms with Crippen LogP contribution >= 0.6 is 0 Å². The molecule has 1 heterocycles. The van der Waals surface area contributed by atoms with Gasteiger partial charge in [-0.3, -0.25) is 4.79 Å². The smallest absolute Gasteiger partial charge is 0.242 e. The van der Waals surface area contributed by atoms with Crippen molar-refractivity contribution in [1.82, 2.24) is 4.90 Å². The van der Waals surface area contributed by atoms with Gasteiger partial charge in [0.2, 0.25) is 5.91 Å². The zero-order valence-electron chi connectivity index (χ0n) is 10.1. The van der Waals surface area contributed by atoms with Crippen molar-refractivity contribution in [1.29, 1.82) is 0 Å². The highest BCUT2D eigenvalue weighted by molar-refractivity contribution is 5.81. The number of rotatable bonds is 3. The minimum absolute atomic E-state index is 0.136. The zero-order valence-corrected chi connectivity index (χ0v) is 10.1. The quantitative estimate of drug-likeness (QED) is 0.856. The molecule has 1 N–H and O–H groups in total. The molecule has 1 aromatic rings. The molecule has 2 rings (SSSR count). The summed E-state index contributed by atoms with van der Waals surface area (Å²) in [5.74, 6) is 0.136. The predicted molar refractivity (Wildman–Crippen MR) is 67.1 cm³/mol. The van der Waals surface area contributed by atoms with Crippen LogP contribution in [0, 0.1) is 6.92 Å². The summed E-state index contributed by atoms with van der Waals surface area (Å²) in [6, 6.07) is 7.97. The fraction of sp³-hybridized carbons (Fsp3) is 0.462. The third-order valence-electron chi connectivity index (χ3n) is 2.94. The highest BCUT2D eigenvalue weighted by Gasteiger charge is 2.16. The van der Waals surface area contributed by atoms with Crippen LogP contribution < -0.4 is 5.32 Å². The molecule has 17 heavy (non-hydrogen) atoms. The first-order chi connectivity index (χ1) is 8.27. The van der Waals surface area contributed by atoms with Gasteiger partial charge < -0.3 is 15.0 Å². The molecule has 1 aromatic carbocycles. The normalized spacial score (nSPS) is 15.7. The first-order valence-electron chi connectivity index (χ1n) is 5.92. The fourth-order valence-corrected chi connectivity index (χ4v) is 1.87. The fourth-order valence-electron chi connectivity index (χ4n) is 1.87. The molecule has 0 aliphatic carbocycles. The van der Waals surface area contributed by atoms with E-state index in [4.69, 9.17) is 4.74 Å². The molecule has 1 amide bonds. The van der Waals surface area contributed by atoms with Crippen LogP contribution in [0.5, 0.6) is 0 Å². The van der Waals surface area contributed by atoms with E-state index in [0.29, 0.717) is 32.8 Å². The number of anilines is 1. The number of amides is 1. The SMILES string of the molecule is Cc1ccccc1NCC(=O)N1CCOCC1. The molecule has 1 aliphatic rings. The Morgan fingerprint density at radius 1 is 1.35 bits per heavy atom. The van der Waals surface area contributed by atoms with Gasteiger partial charge in [0, 0.05) is 18.8 Å². The summed E-state index contributed by atoms with van der Waals surface area (Å²) in [5.41, 5.74) is 2.18. The molecular weight excluding hydrogens is 216 g/mol. The highest BCUT2D eigenvalue weighted by atomic mass is 16.5. The Labute approximate surface area is 102 Å². The van der Waals surface area contributed by atoms with E-state index in [0.717, 1.165) is 11.3 Å². The van der Waals surface area contributed by atoms with Crippen LogP contribution in [0.4, 0.5) is 5.69 Å². The topological polar surface area (TPSA) is 41.6 Å². The minimum atomic E-state index is 0.136. The third-order valence-corrected chi connectivity index (χ3v) is 2.94. The van der Waals surface area contributed by atoms with Crippen LogP contribution in [0.25, 0.3) is 0 Å². The number of nitrogens with zero attached hydrogens (tertiary/aromatic N) is 1. The molecule has 0 aromatic heterocycles. The number of morpholine rings is 1. The Morgan fingerprint density at radius 3 is 2.76 bits per heavy atom. The standard InChI is InChI=1S/C13H18N2O2/c1-11-4-2-3-5-12(11)14-10-13(16)15-6-8-17-9-7-15/h2-5,14H,6-10H2,1H3. The van der Waals surface area contributed by atoms with E-state index < -0.39 is 0 Å². The largest absolute Gasteiger partial charge is 0.378 e. The molecule has 1 aliphatic heterocycles. The zero-order chi connectivity index (χ0) is 12.1. The maximum absolute atomic E-state index is 11.9. The van der Waals surface area contributed by atoms with E-state index in [-0.39, 0.29) is 5.91 Å². The number of hydrogen-bond acceptors (Lipinski definition) is 3. The molecule has 1 saturated heterocycles. The van der Waals surface area contributed by atoms with E-state index in [2.05, 4.69) is 5.32 Å². The average Bonchev–Trinajstić information content (AvgIpc) is 2.38. The van der Waals surface area contributed by atoms with Gasteiger partial charge in [-0.15, -0.1) is 0 Å². The van der Waals surface area contributed by atoms with Gasteiger partial charge in [0.25, 0.3) is 0 Å². The van der Waals surface area contributed by atoms with E-state index in [1.165, 1.54) is 0 Å². The molecular formula is C13H18N2O2. The Morgan fingerprint density at radius 2 is 2.06 bits per heavy atom. The second-order valence-corrected chi connectivity index (χ2v) is 4.16. The summed E-state index contributed by atoms with van der Waals surface area (Å²) in [5, 5.41) is 3.18. The summed E-state index contributed by atoms with van der Waals surface area (Å²) in [6.07, 6.45) is 0. The second-order valence-electron chi connectivity index (χ2n) is 4.16. The molecule has 0 atom stereocenters. The molecule has 0 bridgehead atoms. The molecule has 4 heteroatoms. The van der Waals surface area contributed by atoms with Crippen molar-refractivity contribution in [2.24, 2.45) is 0 Å². The second kappa shape index (κ2) is 5.68. The Bertz CT molecular complexity index is 387. The van der Waals surface area contributed by atoms with Gasteiger partial charge in [0.05, 0.1) is 19.8 Å². The van der Waals surface area contributed by atoms with Gasteiger partial charge in [0.1, 0.15) is 0 Å². The number of ether oxygens (including phenoxy) is 1. The number of benzene rings is 1. The molecule has 0 spiro atoms. The van der Waals surface area contributed by atoms with Gasteiger partial charge >= 0.3 is 0 Å². The van der Waals surface area contributed by atoms with Gasteiger partial charge in [-0.2, -0.15) is 0 Å². The lowest BCUT2D eigenvalue weighted by molar-refractivity contribution is -0.133. The number of para-hydroxylation sites is 1. The van der Waals surface area contributed by atoms with E-state index >= 15 is 0 Å². The van der Waals surface area contributed by atoms with Crippen LogP contribution in [0.3, 0.4) is 0 Å². The van der Waals surface area contributed by atoms with Crippen molar-refractivity contribution in [2.45, 2.75) is 6.92 Å². The first-order valence-corrected chi connectivity index (χ1v) is 5.92. The lowest BCUT2D eigenvalue weighted by Gasteiger charge is -2.27. The summed E-state index contributed by atoms with van der Waals surface area (Å²) < 4.78 is 5.22. The average molecular weight is 234 g/mol. The molecule has 0 unspecified atom stereocenters. The lowest BCUT2D eigenvalue weighted by atomic mass is 10.2. The van der Waals surface area contributed by atoms with Crippen molar-refractivity contribution in [3.05, 3.63) is 29.8 Å². The van der Waals surface area contributed by atoms with Crippen LogP contribution in [0.2, 0.25) is 0 Å². The third kappa shape index (κ3) is 3.20. The molecule has 0 radical (unpaired) electrons.